The highest BCUT2D eigenvalue weighted by molar-refractivity contribution is 5.92. The van der Waals surface area contributed by atoms with Gasteiger partial charge in [-0.05, 0) is 31.0 Å². The van der Waals surface area contributed by atoms with E-state index in [1.54, 1.807) is 0 Å². The predicted octanol–water partition coefficient (Wildman–Crippen LogP) is 3.48. The maximum atomic E-state index is 11.9. The molecule has 2 nitrogen and oxygen atoms in total. The van der Waals surface area contributed by atoms with Crippen molar-refractivity contribution in [1.82, 2.24) is 0 Å². The first-order chi connectivity index (χ1) is 8.65. The fourth-order valence-electron chi connectivity index (χ4n) is 1.92. The van der Waals surface area contributed by atoms with Crippen molar-refractivity contribution in [1.29, 1.82) is 0 Å². The number of nitrogens with one attached hydrogen (secondary N) is 1. The summed E-state index contributed by atoms with van der Waals surface area (Å²) in [6.07, 6.45) is 0.413. The molecule has 2 aromatic rings. The summed E-state index contributed by atoms with van der Waals surface area (Å²) in [5.74, 6) is 0.0231. The Kier molecular flexibility index (Phi) is 3.78. The van der Waals surface area contributed by atoms with Crippen LogP contribution in [0.3, 0.4) is 0 Å². The summed E-state index contributed by atoms with van der Waals surface area (Å²) in [7, 11) is 0. The van der Waals surface area contributed by atoms with E-state index in [1.165, 1.54) is 5.56 Å². The molecule has 0 atom stereocenters. The maximum absolute atomic E-state index is 11.9. The molecule has 0 aliphatic rings. The van der Waals surface area contributed by atoms with Crippen molar-refractivity contribution in [2.75, 3.05) is 5.32 Å². The largest absolute Gasteiger partial charge is 0.326 e. The summed E-state index contributed by atoms with van der Waals surface area (Å²) < 4.78 is 0. The lowest BCUT2D eigenvalue weighted by atomic mass is 10.1. The van der Waals surface area contributed by atoms with Gasteiger partial charge in [-0.15, -0.1) is 0 Å². The van der Waals surface area contributed by atoms with Gasteiger partial charge in [0.25, 0.3) is 0 Å². The lowest BCUT2D eigenvalue weighted by Crippen LogP contribution is -2.15. The van der Waals surface area contributed by atoms with Gasteiger partial charge in [-0.25, -0.2) is 0 Å². The van der Waals surface area contributed by atoms with Crippen molar-refractivity contribution in [2.24, 2.45) is 0 Å². The number of benzene rings is 2. The van der Waals surface area contributed by atoms with Crippen molar-refractivity contribution in [3.05, 3.63) is 65.2 Å². The number of aryl methyl sites for hydroxylation is 2. The summed E-state index contributed by atoms with van der Waals surface area (Å²) in [5, 5.41) is 2.94. The Morgan fingerprint density at radius 2 is 1.83 bits per heavy atom. The van der Waals surface area contributed by atoms with Crippen LogP contribution in [0.1, 0.15) is 16.7 Å². The third-order valence-corrected chi connectivity index (χ3v) is 2.87. The number of hydrogen-bond acceptors (Lipinski definition) is 1. The van der Waals surface area contributed by atoms with Crippen molar-refractivity contribution < 1.29 is 4.79 Å². The Morgan fingerprint density at radius 3 is 2.56 bits per heavy atom. The van der Waals surface area contributed by atoms with Crippen LogP contribution in [0.2, 0.25) is 0 Å². The molecule has 0 aliphatic heterocycles. The van der Waals surface area contributed by atoms with Gasteiger partial charge in [-0.3, -0.25) is 4.79 Å². The lowest BCUT2D eigenvalue weighted by molar-refractivity contribution is -0.115. The highest BCUT2D eigenvalue weighted by Crippen LogP contribution is 2.14. The van der Waals surface area contributed by atoms with Crippen molar-refractivity contribution in [3.8, 4) is 0 Å². The fourth-order valence-corrected chi connectivity index (χ4v) is 1.92. The van der Waals surface area contributed by atoms with Gasteiger partial charge < -0.3 is 5.32 Å². The van der Waals surface area contributed by atoms with Crippen LogP contribution in [0, 0.1) is 13.8 Å². The molecule has 2 rings (SSSR count). The van der Waals surface area contributed by atoms with Crippen molar-refractivity contribution >= 4 is 11.6 Å². The normalized spacial score (nSPS) is 10.1. The van der Waals surface area contributed by atoms with Crippen LogP contribution in [0.15, 0.2) is 48.5 Å². The molecule has 1 amide bonds. The lowest BCUT2D eigenvalue weighted by Gasteiger charge is -2.08. The first kappa shape index (κ1) is 12.4. The Morgan fingerprint density at radius 1 is 1.06 bits per heavy atom. The van der Waals surface area contributed by atoms with Gasteiger partial charge in [-0.2, -0.15) is 0 Å². The molecular formula is C16H17NO. The predicted molar refractivity (Wildman–Crippen MR) is 74.7 cm³/mol. The van der Waals surface area contributed by atoms with Crippen LogP contribution < -0.4 is 5.32 Å². The van der Waals surface area contributed by atoms with Gasteiger partial charge in [0.1, 0.15) is 0 Å². The van der Waals surface area contributed by atoms with Crippen molar-refractivity contribution in [2.45, 2.75) is 20.3 Å². The number of anilines is 1. The molecule has 0 bridgehead atoms. The minimum absolute atomic E-state index is 0.0231. The maximum Gasteiger partial charge on any atom is 0.228 e. The minimum atomic E-state index is 0.0231. The van der Waals surface area contributed by atoms with Crippen LogP contribution in [0.5, 0.6) is 0 Å². The number of rotatable bonds is 3. The topological polar surface area (TPSA) is 29.1 Å². The van der Waals surface area contributed by atoms with E-state index in [2.05, 4.69) is 5.32 Å². The molecular weight excluding hydrogens is 222 g/mol. The van der Waals surface area contributed by atoms with E-state index in [1.807, 2.05) is 62.4 Å². The number of hydrogen-bond donors (Lipinski definition) is 1. The van der Waals surface area contributed by atoms with Gasteiger partial charge in [0.05, 0.1) is 6.42 Å². The molecule has 2 heteroatoms. The smallest absolute Gasteiger partial charge is 0.228 e. The van der Waals surface area contributed by atoms with E-state index in [4.69, 9.17) is 0 Å². The number of carbonyl (C=O) groups excluding carboxylic acids is 1. The van der Waals surface area contributed by atoms with Crippen LogP contribution in [-0.4, -0.2) is 5.91 Å². The second kappa shape index (κ2) is 5.50. The quantitative estimate of drug-likeness (QED) is 0.872. The molecule has 0 unspecified atom stereocenters. The van der Waals surface area contributed by atoms with Gasteiger partial charge in [-0.1, -0.05) is 48.0 Å². The monoisotopic (exact) mass is 239 g/mol. The Labute approximate surface area is 108 Å². The summed E-state index contributed by atoms with van der Waals surface area (Å²) in [6.45, 7) is 4.02. The van der Waals surface area contributed by atoms with Crippen LogP contribution in [0.25, 0.3) is 0 Å². The highest BCUT2D eigenvalue weighted by atomic mass is 16.1. The number of amides is 1. The summed E-state index contributed by atoms with van der Waals surface area (Å²) in [5.41, 5.74) is 4.18. The molecule has 0 aliphatic carbocycles. The zero-order chi connectivity index (χ0) is 13.0. The van der Waals surface area contributed by atoms with Crippen LogP contribution in [0.4, 0.5) is 5.69 Å². The summed E-state index contributed by atoms with van der Waals surface area (Å²) in [6, 6.07) is 15.8. The summed E-state index contributed by atoms with van der Waals surface area (Å²) in [4.78, 5) is 11.9. The van der Waals surface area contributed by atoms with Gasteiger partial charge in [0.2, 0.25) is 5.91 Å². The summed E-state index contributed by atoms with van der Waals surface area (Å²) >= 11 is 0. The Bertz CT molecular complexity index is 561. The Hall–Kier alpha value is -2.09. The minimum Gasteiger partial charge on any atom is -0.326 e. The molecule has 0 radical (unpaired) electrons. The molecule has 0 fully saturated rings. The standard InChI is InChI=1S/C16H17NO/c1-12-6-5-8-14(10-12)11-16(18)17-15-9-4-3-7-13(15)2/h3-10H,11H2,1-2H3,(H,17,18). The van der Waals surface area contributed by atoms with Gasteiger partial charge in [0.15, 0.2) is 0 Å². The zero-order valence-electron chi connectivity index (χ0n) is 10.7. The van der Waals surface area contributed by atoms with E-state index < -0.39 is 0 Å². The average molecular weight is 239 g/mol. The number of carbonyl (C=O) groups is 1. The molecule has 0 saturated carbocycles. The molecule has 0 spiro atoms. The first-order valence-electron chi connectivity index (χ1n) is 6.06. The second-order valence-electron chi connectivity index (χ2n) is 4.53. The van der Waals surface area contributed by atoms with E-state index in [0.717, 1.165) is 16.8 Å². The molecule has 0 saturated heterocycles. The second-order valence-corrected chi connectivity index (χ2v) is 4.53. The van der Waals surface area contributed by atoms with Crippen LogP contribution in [-0.2, 0) is 11.2 Å². The third-order valence-electron chi connectivity index (χ3n) is 2.87. The van der Waals surface area contributed by atoms with Gasteiger partial charge >= 0.3 is 0 Å². The van der Waals surface area contributed by atoms with Crippen molar-refractivity contribution in [3.63, 3.8) is 0 Å². The van der Waals surface area contributed by atoms with E-state index in [-0.39, 0.29) is 5.91 Å². The molecule has 2 aromatic carbocycles. The third kappa shape index (κ3) is 3.20. The van der Waals surface area contributed by atoms with Gasteiger partial charge in [0, 0.05) is 5.69 Å². The average Bonchev–Trinajstić information content (AvgIpc) is 2.32. The number of para-hydroxylation sites is 1. The molecule has 0 aromatic heterocycles. The van der Waals surface area contributed by atoms with Crippen LogP contribution >= 0.6 is 0 Å². The zero-order valence-corrected chi connectivity index (χ0v) is 10.7. The van der Waals surface area contributed by atoms with E-state index in [0.29, 0.717) is 6.42 Å². The Balaban J connectivity index is 2.03. The molecule has 92 valence electrons. The molecule has 18 heavy (non-hydrogen) atoms. The van der Waals surface area contributed by atoms with E-state index >= 15 is 0 Å². The SMILES string of the molecule is Cc1cccc(CC(=O)Nc2ccccc2C)c1. The molecule has 1 N–H and O–H groups in total. The first-order valence-corrected chi connectivity index (χ1v) is 6.06. The highest BCUT2D eigenvalue weighted by Gasteiger charge is 2.05. The van der Waals surface area contributed by atoms with E-state index in [9.17, 15) is 4.79 Å². The molecule has 0 heterocycles. The fraction of sp³-hybridized carbons (Fsp3) is 0.188.